The highest BCUT2D eigenvalue weighted by molar-refractivity contribution is 5.98. The van der Waals surface area contributed by atoms with Crippen LogP contribution >= 0.6 is 0 Å². The molecule has 1 fully saturated rings. The molecule has 1 aliphatic heterocycles. The van der Waals surface area contributed by atoms with E-state index in [0.29, 0.717) is 0 Å². The Bertz CT molecular complexity index is 251. The Morgan fingerprint density at radius 2 is 1.64 bits per heavy atom. The number of carbonyl (C=O) groups is 2. The molecule has 2 amide bonds. The summed E-state index contributed by atoms with van der Waals surface area (Å²) in [4.78, 5) is 23.1. The number of nitrogens with one attached hydrogen (secondary N) is 2. The molecule has 0 atom stereocenters. The van der Waals surface area contributed by atoms with Gasteiger partial charge < -0.3 is 10.6 Å². The van der Waals surface area contributed by atoms with Crippen LogP contribution in [0.25, 0.3) is 0 Å². The second kappa shape index (κ2) is 3.59. The lowest BCUT2D eigenvalue weighted by molar-refractivity contribution is -0.143. The van der Waals surface area contributed by atoms with Crippen LogP contribution in [0.5, 0.6) is 0 Å². The molecule has 4 heteroatoms. The van der Waals surface area contributed by atoms with Gasteiger partial charge in [-0.25, -0.2) is 0 Å². The first-order chi connectivity index (χ1) is 6.41. The predicted molar refractivity (Wildman–Crippen MR) is 53.6 cm³/mol. The Morgan fingerprint density at radius 1 is 1.14 bits per heavy atom. The average molecular weight is 198 g/mol. The van der Waals surface area contributed by atoms with Gasteiger partial charge in [0.1, 0.15) is 5.54 Å². The maximum absolute atomic E-state index is 11.8. The summed E-state index contributed by atoms with van der Waals surface area (Å²) in [6.45, 7) is 7.90. The van der Waals surface area contributed by atoms with Crippen molar-refractivity contribution in [2.45, 2.75) is 33.2 Å². The van der Waals surface area contributed by atoms with Gasteiger partial charge >= 0.3 is 0 Å². The first-order valence-corrected chi connectivity index (χ1v) is 5.00. The van der Waals surface area contributed by atoms with Crippen LogP contribution in [0.1, 0.15) is 27.7 Å². The van der Waals surface area contributed by atoms with Crippen molar-refractivity contribution in [3.05, 3.63) is 0 Å². The smallest absolute Gasteiger partial charge is 0.246 e. The molecular formula is C10H18N2O2. The fourth-order valence-corrected chi connectivity index (χ4v) is 2.12. The van der Waals surface area contributed by atoms with Crippen molar-refractivity contribution in [3.63, 3.8) is 0 Å². The first kappa shape index (κ1) is 11.0. The van der Waals surface area contributed by atoms with Gasteiger partial charge in [0.2, 0.25) is 11.8 Å². The monoisotopic (exact) mass is 198 g/mol. The molecule has 4 nitrogen and oxygen atoms in total. The van der Waals surface area contributed by atoms with E-state index in [-0.39, 0.29) is 30.2 Å². The lowest BCUT2D eigenvalue weighted by Crippen LogP contribution is -2.70. The highest BCUT2D eigenvalue weighted by Gasteiger charge is 2.47. The Kier molecular flexibility index (Phi) is 2.83. The third-order valence-corrected chi connectivity index (χ3v) is 2.95. The topological polar surface area (TPSA) is 58.2 Å². The second-order valence-corrected chi connectivity index (χ2v) is 4.41. The molecule has 0 radical (unpaired) electrons. The van der Waals surface area contributed by atoms with Crippen LogP contribution in [0.15, 0.2) is 0 Å². The summed E-state index contributed by atoms with van der Waals surface area (Å²) >= 11 is 0. The molecule has 1 heterocycles. The molecule has 0 bridgehead atoms. The number of carbonyl (C=O) groups excluding carboxylic acids is 2. The summed E-state index contributed by atoms with van der Waals surface area (Å²) in [5.41, 5.74) is -0.741. The van der Waals surface area contributed by atoms with Crippen molar-refractivity contribution in [2.75, 3.05) is 6.54 Å². The Hall–Kier alpha value is -1.06. The second-order valence-electron chi connectivity index (χ2n) is 4.41. The molecular weight excluding hydrogens is 180 g/mol. The van der Waals surface area contributed by atoms with Gasteiger partial charge in [0, 0.05) is 0 Å². The Balaban J connectivity index is 3.05. The van der Waals surface area contributed by atoms with Crippen LogP contribution in [0.2, 0.25) is 0 Å². The number of hydrogen-bond acceptors (Lipinski definition) is 2. The van der Waals surface area contributed by atoms with E-state index in [1.54, 1.807) is 0 Å². The highest BCUT2D eigenvalue weighted by Crippen LogP contribution is 2.27. The van der Waals surface area contributed by atoms with Crippen LogP contribution < -0.4 is 10.6 Å². The zero-order valence-corrected chi connectivity index (χ0v) is 9.18. The zero-order valence-electron chi connectivity index (χ0n) is 9.18. The van der Waals surface area contributed by atoms with Gasteiger partial charge in [0.05, 0.1) is 6.54 Å². The molecule has 0 saturated carbocycles. The van der Waals surface area contributed by atoms with E-state index in [2.05, 4.69) is 10.6 Å². The van der Waals surface area contributed by atoms with Crippen LogP contribution in [-0.4, -0.2) is 23.9 Å². The van der Waals surface area contributed by atoms with Crippen LogP contribution in [0, 0.1) is 11.8 Å². The van der Waals surface area contributed by atoms with Gasteiger partial charge in [-0.05, 0) is 11.8 Å². The van der Waals surface area contributed by atoms with Gasteiger partial charge in [-0.3, -0.25) is 9.59 Å². The number of rotatable bonds is 2. The first-order valence-electron chi connectivity index (χ1n) is 5.00. The van der Waals surface area contributed by atoms with Gasteiger partial charge in [-0.15, -0.1) is 0 Å². The largest absolute Gasteiger partial charge is 0.345 e. The molecule has 2 N–H and O–H groups in total. The van der Waals surface area contributed by atoms with Crippen molar-refractivity contribution < 1.29 is 9.59 Å². The molecule has 0 aromatic heterocycles. The summed E-state index contributed by atoms with van der Waals surface area (Å²) in [6.07, 6.45) is 0. The number of hydrogen-bond donors (Lipinski definition) is 2. The summed E-state index contributed by atoms with van der Waals surface area (Å²) in [6, 6.07) is 0. The van der Waals surface area contributed by atoms with Gasteiger partial charge in [-0.2, -0.15) is 0 Å². The van der Waals surface area contributed by atoms with Crippen molar-refractivity contribution in [2.24, 2.45) is 11.8 Å². The third-order valence-electron chi connectivity index (χ3n) is 2.95. The van der Waals surface area contributed by atoms with Crippen molar-refractivity contribution in [3.8, 4) is 0 Å². The number of piperazine rings is 1. The third kappa shape index (κ3) is 1.49. The van der Waals surface area contributed by atoms with Crippen molar-refractivity contribution in [1.82, 2.24) is 10.6 Å². The van der Waals surface area contributed by atoms with E-state index < -0.39 is 5.54 Å². The summed E-state index contributed by atoms with van der Waals surface area (Å²) in [5.74, 6) is 0.00704. The van der Waals surface area contributed by atoms with Gasteiger partial charge in [-0.1, -0.05) is 27.7 Å². The molecule has 0 aromatic rings. The van der Waals surface area contributed by atoms with Crippen LogP contribution in [0.4, 0.5) is 0 Å². The highest BCUT2D eigenvalue weighted by atomic mass is 16.2. The number of amides is 2. The zero-order chi connectivity index (χ0) is 10.9. The predicted octanol–water partition coefficient (Wildman–Crippen LogP) is 0.283. The SMILES string of the molecule is CC(C)C1(C(C)C)NC(=O)CNC1=O. The Labute approximate surface area is 84.4 Å². The summed E-state index contributed by atoms with van der Waals surface area (Å²) in [7, 11) is 0. The van der Waals surface area contributed by atoms with E-state index in [4.69, 9.17) is 0 Å². The minimum absolute atomic E-state index is 0.0675. The standard InChI is InChI=1S/C10H18N2O2/c1-6(2)10(7(3)4)9(14)11-5-8(13)12-10/h6-7H,5H2,1-4H3,(H,11,14)(H,12,13). The van der Waals surface area contributed by atoms with E-state index in [9.17, 15) is 9.59 Å². The minimum Gasteiger partial charge on any atom is -0.345 e. The fourth-order valence-electron chi connectivity index (χ4n) is 2.12. The summed E-state index contributed by atoms with van der Waals surface area (Å²) in [5, 5.41) is 5.46. The lowest BCUT2D eigenvalue weighted by Gasteiger charge is -2.43. The average Bonchev–Trinajstić information content (AvgIpc) is 2.08. The van der Waals surface area contributed by atoms with Crippen LogP contribution in [-0.2, 0) is 9.59 Å². The van der Waals surface area contributed by atoms with Crippen LogP contribution in [0.3, 0.4) is 0 Å². The Morgan fingerprint density at radius 3 is 2.00 bits per heavy atom. The van der Waals surface area contributed by atoms with Crippen molar-refractivity contribution >= 4 is 11.8 Å². The van der Waals surface area contributed by atoms with E-state index >= 15 is 0 Å². The minimum atomic E-state index is -0.741. The molecule has 0 aliphatic carbocycles. The van der Waals surface area contributed by atoms with E-state index in [1.807, 2.05) is 27.7 Å². The fraction of sp³-hybridized carbons (Fsp3) is 0.800. The van der Waals surface area contributed by atoms with Crippen molar-refractivity contribution in [1.29, 1.82) is 0 Å². The van der Waals surface area contributed by atoms with Gasteiger partial charge in [0.25, 0.3) is 0 Å². The molecule has 1 aliphatic rings. The molecule has 80 valence electrons. The lowest BCUT2D eigenvalue weighted by atomic mass is 9.75. The molecule has 0 spiro atoms. The molecule has 1 saturated heterocycles. The summed E-state index contributed by atoms with van der Waals surface area (Å²) < 4.78 is 0. The van der Waals surface area contributed by atoms with E-state index in [0.717, 1.165) is 0 Å². The maximum Gasteiger partial charge on any atom is 0.246 e. The van der Waals surface area contributed by atoms with Gasteiger partial charge in [0.15, 0.2) is 0 Å². The molecule has 14 heavy (non-hydrogen) atoms. The normalized spacial score (nSPS) is 21.0. The quantitative estimate of drug-likeness (QED) is 0.669. The molecule has 0 unspecified atom stereocenters. The van der Waals surface area contributed by atoms with E-state index in [1.165, 1.54) is 0 Å². The molecule has 1 rings (SSSR count). The molecule has 0 aromatic carbocycles. The maximum atomic E-state index is 11.8.